The van der Waals surface area contributed by atoms with E-state index in [0.717, 1.165) is 5.56 Å². The topological polar surface area (TPSA) is 240 Å². The Bertz CT molecular complexity index is 931. The van der Waals surface area contributed by atoms with Crippen molar-refractivity contribution in [2.24, 2.45) is 17.2 Å². The molecule has 1 aromatic rings. The number of carbonyl (C=O) groups excluding carboxylic acids is 3. The van der Waals surface area contributed by atoms with Gasteiger partial charge in [-0.15, -0.1) is 0 Å². The first-order chi connectivity index (χ1) is 18.6. The third-order valence-corrected chi connectivity index (χ3v) is 6.06. The van der Waals surface area contributed by atoms with Gasteiger partial charge in [-0.25, -0.2) is 4.79 Å². The third-order valence-electron chi connectivity index (χ3n) is 6.06. The molecular formula is C26H42N6O7. The van der Waals surface area contributed by atoms with Gasteiger partial charge in [0.1, 0.15) is 18.1 Å². The number of nitrogens with two attached hydrogens (primary N) is 3. The van der Waals surface area contributed by atoms with E-state index >= 15 is 0 Å². The van der Waals surface area contributed by atoms with Crippen LogP contribution in [0.4, 0.5) is 0 Å². The molecule has 218 valence electrons. The summed E-state index contributed by atoms with van der Waals surface area (Å²) < 4.78 is 0. The minimum Gasteiger partial charge on any atom is -0.481 e. The van der Waals surface area contributed by atoms with E-state index in [1.165, 1.54) is 0 Å². The van der Waals surface area contributed by atoms with Gasteiger partial charge in [-0.3, -0.25) is 19.2 Å². The van der Waals surface area contributed by atoms with Crippen LogP contribution in [0.1, 0.15) is 56.9 Å². The van der Waals surface area contributed by atoms with Gasteiger partial charge in [0.2, 0.25) is 17.7 Å². The quantitative estimate of drug-likeness (QED) is 0.0941. The Hall–Kier alpha value is -3.55. The van der Waals surface area contributed by atoms with Crippen LogP contribution in [0.15, 0.2) is 30.3 Å². The van der Waals surface area contributed by atoms with Gasteiger partial charge in [0.25, 0.3) is 0 Å². The standard InChI is InChI=1S/C26H42N6O7/c27-14-6-4-10-19(30-23(35)18(29)12-13-22(33)34)24(36)32-21(16-17-8-2-1-3-9-17)25(37)31-20(26(38)39)11-5-7-15-28/h1-3,8-9,18-21H,4-7,10-16,27-29H2,(H,30,35)(H,31,37)(H,32,36)(H,33,34)(H,38,39). The Morgan fingerprint density at radius 2 is 1.21 bits per heavy atom. The lowest BCUT2D eigenvalue weighted by atomic mass is 10.0. The molecule has 3 amide bonds. The molecule has 11 N–H and O–H groups in total. The number of unbranched alkanes of at least 4 members (excludes halogenated alkanes) is 2. The highest BCUT2D eigenvalue weighted by Crippen LogP contribution is 2.09. The summed E-state index contributed by atoms with van der Waals surface area (Å²) in [4.78, 5) is 61.6. The molecule has 0 heterocycles. The largest absolute Gasteiger partial charge is 0.481 e. The van der Waals surface area contributed by atoms with Gasteiger partial charge in [0.05, 0.1) is 6.04 Å². The molecule has 0 aromatic heterocycles. The summed E-state index contributed by atoms with van der Waals surface area (Å²) in [6, 6.07) is 4.38. The van der Waals surface area contributed by atoms with Gasteiger partial charge in [0.15, 0.2) is 0 Å². The van der Waals surface area contributed by atoms with Crippen LogP contribution in [-0.2, 0) is 30.4 Å². The zero-order chi connectivity index (χ0) is 29.2. The molecule has 0 aliphatic heterocycles. The second kappa shape index (κ2) is 18.7. The monoisotopic (exact) mass is 550 g/mol. The number of carboxylic acid groups (broad SMARTS) is 2. The zero-order valence-corrected chi connectivity index (χ0v) is 22.1. The van der Waals surface area contributed by atoms with Crippen molar-refractivity contribution >= 4 is 29.7 Å². The van der Waals surface area contributed by atoms with Crippen molar-refractivity contribution in [1.82, 2.24) is 16.0 Å². The second-order valence-electron chi connectivity index (χ2n) is 9.32. The van der Waals surface area contributed by atoms with Crippen LogP contribution >= 0.6 is 0 Å². The van der Waals surface area contributed by atoms with Crippen molar-refractivity contribution < 1.29 is 34.2 Å². The number of hydrogen-bond donors (Lipinski definition) is 8. The van der Waals surface area contributed by atoms with E-state index in [2.05, 4.69) is 16.0 Å². The summed E-state index contributed by atoms with van der Waals surface area (Å²) in [7, 11) is 0. The Kier molecular flexibility index (Phi) is 16.0. The highest BCUT2D eigenvalue weighted by molar-refractivity contribution is 5.94. The first-order valence-electron chi connectivity index (χ1n) is 13.1. The first-order valence-corrected chi connectivity index (χ1v) is 13.1. The van der Waals surface area contributed by atoms with E-state index in [0.29, 0.717) is 38.8 Å². The molecular weight excluding hydrogens is 508 g/mol. The molecule has 13 heteroatoms. The number of rotatable bonds is 20. The predicted octanol–water partition coefficient (Wildman–Crippen LogP) is -0.782. The number of nitrogens with one attached hydrogen (secondary N) is 3. The average Bonchev–Trinajstić information content (AvgIpc) is 2.90. The SMILES string of the molecule is NCCCCC(NC(=O)C(Cc1ccccc1)NC(=O)C(CCCCN)NC(=O)C(N)CCC(=O)O)C(=O)O. The molecule has 39 heavy (non-hydrogen) atoms. The van der Waals surface area contributed by atoms with Crippen LogP contribution in [0.3, 0.4) is 0 Å². The Labute approximate surface area is 228 Å². The van der Waals surface area contributed by atoms with Crippen molar-refractivity contribution in [3.05, 3.63) is 35.9 Å². The molecule has 4 unspecified atom stereocenters. The minimum absolute atomic E-state index is 0.0785. The van der Waals surface area contributed by atoms with E-state index < -0.39 is 53.8 Å². The van der Waals surface area contributed by atoms with Crippen LogP contribution in [0.5, 0.6) is 0 Å². The summed E-state index contributed by atoms with van der Waals surface area (Å²) in [5.74, 6) is -4.34. The van der Waals surface area contributed by atoms with E-state index in [4.69, 9.17) is 22.3 Å². The molecule has 4 atom stereocenters. The molecule has 0 spiro atoms. The highest BCUT2D eigenvalue weighted by atomic mass is 16.4. The van der Waals surface area contributed by atoms with E-state index in [1.807, 2.05) is 0 Å². The van der Waals surface area contributed by atoms with Crippen LogP contribution in [0.2, 0.25) is 0 Å². The number of amides is 3. The van der Waals surface area contributed by atoms with E-state index in [9.17, 15) is 29.1 Å². The first kappa shape index (κ1) is 33.5. The molecule has 0 bridgehead atoms. The fourth-order valence-electron chi connectivity index (χ4n) is 3.80. The van der Waals surface area contributed by atoms with Crippen molar-refractivity contribution in [3.8, 4) is 0 Å². The van der Waals surface area contributed by atoms with Gasteiger partial charge in [0, 0.05) is 12.8 Å². The van der Waals surface area contributed by atoms with Gasteiger partial charge < -0.3 is 43.4 Å². The lowest BCUT2D eigenvalue weighted by Crippen LogP contribution is -2.57. The lowest BCUT2D eigenvalue weighted by Gasteiger charge is -2.25. The van der Waals surface area contributed by atoms with Crippen LogP contribution in [0.25, 0.3) is 0 Å². The van der Waals surface area contributed by atoms with Crippen molar-refractivity contribution in [2.45, 2.75) is 82.0 Å². The maximum atomic E-state index is 13.3. The average molecular weight is 551 g/mol. The molecule has 0 saturated heterocycles. The number of carbonyl (C=O) groups is 5. The summed E-state index contributed by atoms with van der Waals surface area (Å²) in [5, 5.41) is 26.1. The van der Waals surface area contributed by atoms with Gasteiger partial charge in [-0.2, -0.15) is 0 Å². The van der Waals surface area contributed by atoms with Gasteiger partial charge in [-0.05, 0) is 63.6 Å². The van der Waals surface area contributed by atoms with Gasteiger partial charge in [-0.1, -0.05) is 30.3 Å². The molecule has 0 fully saturated rings. The minimum atomic E-state index is -1.20. The van der Waals surface area contributed by atoms with Crippen LogP contribution in [-0.4, -0.2) is 77.1 Å². The molecule has 0 radical (unpaired) electrons. The van der Waals surface area contributed by atoms with Crippen LogP contribution < -0.4 is 33.2 Å². The van der Waals surface area contributed by atoms with Crippen LogP contribution in [0, 0.1) is 0 Å². The number of aliphatic carboxylic acids is 2. The second-order valence-corrected chi connectivity index (χ2v) is 9.32. The van der Waals surface area contributed by atoms with E-state index in [-0.39, 0.29) is 32.1 Å². The fourth-order valence-corrected chi connectivity index (χ4v) is 3.80. The predicted molar refractivity (Wildman–Crippen MR) is 144 cm³/mol. The summed E-state index contributed by atoms with van der Waals surface area (Å²) in [6.07, 6.45) is 2.22. The normalized spacial score (nSPS) is 13.9. The van der Waals surface area contributed by atoms with Gasteiger partial charge >= 0.3 is 11.9 Å². The molecule has 0 aliphatic carbocycles. The van der Waals surface area contributed by atoms with Crippen molar-refractivity contribution in [2.75, 3.05) is 13.1 Å². The molecule has 0 saturated carbocycles. The summed E-state index contributed by atoms with van der Waals surface area (Å²) in [5.41, 5.74) is 17.6. The number of carboxylic acids is 2. The fraction of sp³-hybridized carbons (Fsp3) is 0.577. The Balaban J connectivity index is 3.07. The highest BCUT2D eigenvalue weighted by Gasteiger charge is 2.30. The lowest BCUT2D eigenvalue weighted by molar-refractivity contribution is -0.142. The molecule has 1 rings (SSSR count). The molecule has 1 aromatic carbocycles. The summed E-state index contributed by atoms with van der Waals surface area (Å²) >= 11 is 0. The number of benzene rings is 1. The molecule has 0 aliphatic rings. The zero-order valence-electron chi connectivity index (χ0n) is 22.1. The summed E-state index contributed by atoms with van der Waals surface area (Å²) in [6.45, 7) is 0.768. The smallest absolute Gasteiger partial charge is 0.326 e. The van der Waals surface area contributed by atoms with Crippen molar-refractivity contribution in [1.29, 1.82) is 0 Å². The maximum Gasteiger partial charge on any atom is 0.326 e. The van der Waals surface area contributed by atoms with Crippen molar-refractivity contribution in [3.63, 3.8) is 0 Å². The van der Waals surface area contributed by atoms with E-state index in [1.54, 1.807) is 30.3 Å². The maximum absolute atomic E-state index is 13.3. The Morgan fingerprint density at radius 1 is 0.692 bits per heavy atom. The third kappa shape index (κ3) is 13.7. The number of hydrogen-bond acceptors (Lipinski definition) is 8. The Morgan fingerprint density at radius 3 is 1.74 bits per heavy atom. The molecule has 13 nitrogen and oxygen atoms in total.